The number of ether oxygens (including phenoxy) is 4. The number of esters is 3. The van der Waals surface area contributed by atoms with Crippen LogP contribution in [0.2, 0.25) is 0 Å². The number of hydrogen-bond acceptors (Lipinski definition) is 9. The van der Waals surface area contributed by atoms with Gasteiger partial charge in [-0.15, -0.1) is 0 Å². The molecule has 9 heteroatoms. The minimum atomic E-state index is -1.97. The van der Waals surface area contributed by atoms with E-state index in [0.717, 1.165) is 0 Å². The van der Waals surface area contributed by atoms with Crippen LogP contribution in [0.1, 0.15) is 40.5 Å². The van der Waals surface area contributed by atoms with E-state index in [4.69, 9.17) is 18.9 Å². The normalized spacial score (nSPS) is 59.2. The van der Waals surface area contributed by atoms with Crippen molar-refractivity contribution in [1.82, 2.24) is 0 Å². The van der Waals surface area contributed by atoms with Crippen molar-refractivity contribution < 1.29 is 43.5 Å². The molecule has 4 heterocycles. The van der Waals surface area contributed by atoms with E-state index < -0.39 is 70.5 Å². The zero-order valence-corrected chi connectivity index (χ0v) is 16.6. The van der Waals surface area contributed by atoms with Gasteiger partial charge in [0.25, 0.3) is 0 Å². The highest BCUT2D eigenvalue weighted by Gasteiger charge is 3.01. The Morgan fingerprint density at radius 3 is 2.38 bits per heavy atom. The van der Waals surface area contributed by atoms with Gasteiger partial charge in [0.15, 0.2) is 11.7 Å². The van der Waals surface area contributed by atoms with Gasteiger partial charge in [0.2, 0.25) is 11.9 Å². The minimum absolute atomic E-state index is 0.0623. The van der Waals surface area contributed by atoms with E-state index in [1.54, 1.807) is 0 Å². The minimum Gasteiger partial charge on any atom is -0.459 e. The van der Waals surface area contributed by atoms with Crippen LogP contribution >= 0.6 is 0 Å². The van der Waals surface area contributed by atoms with Gasteiger partial charge in [0.1, 0.15) is 12.2 Å². The van der Waals surface area contributed by atoms with E-state index in [1.807, 2.05) is 20.8 Å². The van der Waals surface area contributed by atoms with Crippen molar-refractivity contribution in [3.05, 3.63) is 0 Å². The number of rotatable bonds is 0. The molecule has 0 aromatic carbocycles. The summed E-state index contributed by atoms with van der Waals surface area (Å²) in [6, 6.07) is 0. The van der Waals surface area contributed by atoms with Gasteiger partial charge in [0, 0.05) is 6.42 Å². The first-order chi connectivity index (χ1) is 13.4. The molecule has 158 valence electrons. The maximum atomic E-state index is 13.3. The van der Waals surface area contributed by atoms with E-state index in [9.17, 15) is 24.6 Å². The number of aliphatic hydroxyl groups is 2. The third-order valence-corrected chi connectivity index (χ3v) is 8.97. The SMILES string of the molecule is C[C@@H]1C(=O)O[C@H]2C[C@]34[C@H]5C[C@@H](C(C)(C)C)[C@@]36[C@@H](OC(=O)[C@@H]6O)O[C@@]4(C(=O)O5)[C@]21O. The molecule has 4 saturated heterocycles. The molecule has 2 spiro atoms. The summed E-state index contributed by atoms with van der Waals surface area (Å²) in [4.78, 5) is 38.1. The summed E-state index contributed by atoms with van der Waals surface area (Å²) in [5.41, 5.74) is -6.81. The second kappa shape index (κ2) is 4.48. The molecule has 0 aromatic rings. The Bertz CT molecular complexity index is 893. The predicted octanol–water partition coefficient (Wildman–Crippen LogP) is -0.340. The van der Waals surface area contributed by atoms with Crippen LogP contribution in [0, 0.1) is 28.1 Å². The van der Waals surface area contributed by atoms with E-state index >= 15 is 0 Å². The fraction of sp³-hybridized carbons (Fsp3) is 0.850. The van der Waals surface area contributed by atoms with Crippen LogP contribution < -0.4 is 0 Å². The Morgan fingerprint density at radius 2 is 1.72 bits per heavy atom. The summed E-state index contributed by atoms with van der Waals surface area (Å²) in [7, 11) is 0. The first-order valence-corrected chi connectivity index (χ1v) is 10.1. The molecule has 0 aromatic heterocycles. The van der Waals surface area contributed by atoms with E-state index in [2.05, 4.69) is 0 Å². The Morgan fingerprint density at radius 1 is 1.03 bits per heavy atom. The molecule has 2 N–H and O–H groups in total. The number of hydrogen-bond donors (Lipinski definition) is 2. The Labute approximate surface area is 166 Å². The molecule has 0 amide bonds. The molecule has 29 heavy (non-hydrogen) atoms. The lowest BCUT2D eigenvalue weighted by atomic mass is 9.51. The van der Waals surface area contributed by atoms with Crippen molar-refractivity contribution in [2.45, 2.75) is 76.3 Å². The lowest BCUT2D eigenvalue weighted by molar-refractivity contribution is -0.238. The standard InChI is InChI=1S/C20H24O9/c1-7-12(22)26-10-6-17-9-5-8(16(2,3)4)18(17)11(21)13(23)28-15(18)29-20(17,14(24)27-9)19(7,10)25/h7-11,15,21,25H,5-6H2,1-4H3/t7-,8+,9-,10+,11+,15+,17+,18-,19-,20-/m1/s1. The molecular weight excluding hydrogens is 384 g/mol. The van der Waals surface area contributed by atoms with Gasteiger partial charge >= 0.3 is 17.9 Å². The van der Waals surface area contributed by atoms with Crippen LogP contribution in [0.3, 0.4) is 0 Å². The highest BCUT2D eigenvalue weighted by Crippen LogP contribution is 2.84. The van der Waals surface area contributed by atoms with Crippen LogP contribution in [0.25, 0.3) is 0 Å². The van der Waals surface area contributed by atoms with Gasteiger partial charge in [-0.3, -0.25) is 4.79 Å². The Kier molecular flexibility index (Phi) is 2.79. The summed E-state index contributed by atoms with van der Waals surface area (Å²) >= 11 is 0. The lowest BCUT2D eigenvalue weighted by Gasteiger charge is -2.46. The van der Waals surface area contributed by atoms with Crippen molar-refractivity contribution in [2.24, 2.45) is 28.1 Å². The molecule has 6 rings (SSSR count). The second-order valence-electron chi connectivity index (χ2n) is 10.6. The molecule has 6 aliphatic rings. The third kappa shape index (κ3) is 1.35. The number of carbonyl (C=O) groups is 3. The monoisotopic (exact) mass is 408 g/mol. The molecule has 2 aliphatic carbocycles. The molecule has 10 atom stereocenters. The number of fused-ring (bicyclic) bond motifs is 1. The molecule has 0 bridgehead atoms. The molecular formula is C20H24O9. The van der Waals surface area contributed by atoms with Crippen LogP contribution in [0.4, 0.5) is 0 Å². The summed E-state index contributed by atoms with van der Waals surface area (Å²) in [6.45, 7) is 7.47. The topological polar surface area (TPSA) is 129 Å². The molecule has 9 nitrogen and oxygen atoms in total. The largest absolute Gasteiger partial charge is 0.459 e. The average Bonchev–Trinajstić information content (AvgIpc) is 3.31. The Balaban J connectivity index is 1.68. The molecule has 2 saturated carbocycles. The number of carbonyl (C=O) groups excluding carboxylic acids is 3. The van der Waals surface area contributed by atoms with Crippen LogP contribution in [0.15, 0.2) is 0 Å². The van der Waals surface area contributed by atoms with Gasteiger partial charge < -0.3 is 29.2 Å². The Hall–Kier alpha value is -1.71. The highest BCUT2D eigenvalue weighted by molar-refractivity contribution is 5.93. The van der Waals surface area contributed by atoms with Crippen LogP contribution in [0.5, 0.6) is 0 Å². The predicted molar refractivity (Wildman–Crippen MR) is 90.6 cm³/mol. The smallest absolute Gasteiger partial charge is 0.342 e. The first-order valence-electron chi connectivity index (χ1n) is 10.1. The van der Waals surface area contributed by atoms with E-state index in [1.165, 1.54) is 6.92 Å². The van der Waals surface area contributed by atoms with Gasteiger partial charge in [-0.1, -0.05) is 20.8 Å². The van der Waals surface area contributed by atoms with E-state index in [0.29, 0.717) is 6.42 Å². The quantitative estimate of drug-likeness (QED) is 0.408. The maximum absolute atomic E-state index is 13.3. The van der Waals surface area contributed by atoms with Crippen molar-refractivity contribution >= 4 is 17.9 Å². The van der Waals surface area contributed by atoms with Crippen molar-refractivity contribution in [2.75, 3.05) is 0 Å². The zero-order valence-electron chi connectivity index (χ0n) is 16.6. The van der Waals surface area contributed by atoms with Gasteiger partial charge in [-0.2, -0.15) is 0 Å². The molecule has 0 radical (unpaired) electrons. The number of aliphatic hydroxyl groups excluding tert-OH is 1. The summed E-state index contributed by atoms with van der Waals surface area (Å²) in [5.74, 6) is -3.52. The van der Waals surface area contributed by atoms with Crippen LogP contribution in [-0.4, -0.2) is 63.9 Å². The summed E-state index contributed by atoms with van der Waals surface area (Å²) < 4.78 is 22.9. The molecule has 4 aliphatic heterocycles. The van der Waals surface area contributed by atoms with Gasteiger partial charge in [-0.25, -0.2) is 9.59 Å². The fourth-order valence-corrected chi connectivity index (χ4v) is 8.06. The lowest BCUT2D eigenvalue weighted by Crippen LogP contribution is -2.66. The summed E-state index contributed by atoms with van der Waals surface area (Å²) in [6.07, 6.45) is -3.96. The summed E-state index contributed by atoms with van der Waals surface area (Å²) in [5, 5.41) is 23.0. The van der Waals surface area contributed by atoms with Crippen molar-refractivity contribution in [3.63, 3.8) is 0 Å². The average molecular weight is 408 g/mol. The van der Waals surface area contributed by atoms with Crippen molar-refractivity contribution in [3.8, 4) is 0 Å². The zero-order chi connectivity index (χ0) is 20.9. The first kappa shape index (κ1) is 18.1. The second-order valence-corrected chi connectivity index (χ2v) is 10.6. The highest BCUT2D eigenvalue weighted by atomic mass is 16.8. The third-order valence-electron chi connectivity index (χ3n) is 8.97. The molecule has 6 fully saturated rings. The van der Waals surface area contributed by atoms with E-state index in [-0.39, 0.29) is 17.8 Å². The van der Waals surface area contributed by atoms with Gasteiger partial charge in [-0.05, 0) is 24.7 Å². The maximum Gasteiger partial charge on any atom is 0.342 e. The van der Waals surface area contributed by atoms with Gasteiger partial charge in [0.05, 0.1) is 16.7 Å². The van der Waals surface area contributed by atoms with Crippen LogP contribution in [-0.2, 0) is 33.3 Å². The fourth-order valence-electron chi connectivity index (χ4n) is 8.06. The van der Waals surface area contributed by atoms with Crippen molar-refractivity contribution in [1.29, 1.82) is 0 Å². The molecule has 0 unspecified atom stereocenters.